The minimum Gasteiger partial charge on any atom is -0.464 e. The van der Waals surface area contributed by atoms with Crippen molar-refractivity contribution in [3.05, 3.63) is 70.1 Å². The summed E-state index contributed by atoms with van der Waals surface area (Å²) in [5.74, 6) is -0.824. The zero-order valence-corrected chi connectivity index (χ0v) is 19.6. The predicted octanol–water partition coefficient (Wildman–Crippen LogP) is 5.28. The second-order valence-electron chi connectivity index (χ2n) is 8.88. The average Bonchev–Trinajstić information content (AvgIpc) is 3.42. The van der Waals surface area contributed by atoms with Crippen LogP contribution in [0.15, 0.2) is 59.2 Å². The summed E-state index contributed by atoms with van der Waals surface area (Å²) in [6.07, 6.45) is 1.58. The maximum absolute atomic E-state index is 12.5. The number of ether oxygens (including phenoxy) is 1. The van der Waals surface area contributed by atoms with Gasteiger partial charge in [-0.1, -0.05) is 51.1 Å². The van der Waals surface area contributed by atoms with Gasteiger partial charge in [-0.3, -0.25) is 14.4 Å². The van der Waals surface area contributed by atoms with Crippen molar-refractivity contribution in [3.8, 4) is 0 Å². The Morgan fingerprint density at radius 1 is 1.03 bits per heavy atom. The standard InChI is InChI=1S/C26H25NO5S/c1-26(2,3)25(30)27-13-18-9-11-22(33-18)20(28)15-32-23(29)12-17-14-31-21-10-8-16-6-4-5-7-19(16)24(17)21/h4-11,14H,12-13,15H2,1-3H3,(H,27,30). The van der Waals surface area contributed by atoms with E-state index in [1.807, 2.05) is 57.2 Å². The van der Waals surface area contributed by atoms with Crippen molar-refractivity contribution in [2.75, 3.05) is 6.61 Å². The van der Waals surface area contributed by atoms with Crippen LogP contribution < -0.4 is 5.32 Å². The van der Waals surface area contributed by atoms with Gasteiger partial charge in [0, 0.05) is 21.2 Å². The molecule has 170 valence electrons. The van der Waals surface area contributed by atoms with Crippen LogP contribution in [0.3, 0.4) is 0 Å². The number of hydrogen-bond donors (Lipinski definition) is 1. The highest BCUT2D eigenvalue weighted by atomic mass is 32.1. The van der Waals surface area contributed by atoms with Crippen LogP contribution in [0.25, 0.3) is 21.7 Å². The number of carbonyl (C=O) groups is 3. The summed E-state index contributed by atoms with van der Waals surface area (Å²) in [7, 11) is 0. The molecular weight excluding hydrogens is 438 g/mol. The van der Waals surface area contributed by atoms with E-state index in [9.17, 15) is 14.4 Å². The van der Waals surface area contributed by atoms with Gasteiger partial charge in [-0.15, -0.1) is 11.3 Å². The fourth-order valence-electron chi connectivity index (χ4n) is 3.48. The van der Waals surface area contributed by atoms with E-state index in [1.54, 1.807) is 18.4 Å². The highest BCUT2D eigenvalue weighted by molar-refractivity contribution is 7.14. The van der Waals surface area contributed by atoms with Gasteiger partial charge in [-0.05, 0) is 29.0 Å². The molecule has 1 N–H and O–H groups in total. The van der Waals surface area contributed by atoms with Crippen molar-refractivity contribution in [1.29, 1.82) is 0 Å². The lowest BCUT2D eigenvalue weighted by Gasteiger charge is -2.17. The van der Waals surface area contributed by atoms with E-state index >= 15 is 0 Å². The van der Waals surface area contributed by atoms with Crippen molar-refractivity contribution < 1.29 is 23.5 Å². The second-order valence-corrected chi connectivity index (χ2v) is 10.0. The molecule has 0 bridgehead atoms. The Balaban J connectivity index is 1.35. The lowest BCUT2D eigenvalue weighted by molar-refractivity contribution is -0.141. The molecule has 0 saturated carbocycles. The molecule has 0 saturated heterocycles. The number of rotatable bonds is 7. The fourth-order valence-corrected chi connectivity index (χ4v) is 4.36. The van der Waals surface area contributed by atoms with Gasteiger partial charge in [0.2, 0.25) is 11.7 Å². The molecule has 0 fully saturated rings. The lowest BCUT2D eigenvalue weighted by Crippen LogP contribution is -2.34. The van der Waals surface area contributed by atoms with Crippen LogP contribution in [-0.2, 0) is 27.3 Å². The van der Waals surface area contributed by atoms with Crippen molar-refractivity contribution in [1.82, 2.24) is 5.32 Å². The maximum atomic E-state index is 12.5. The molecule has 2 aromatic carbocycles. The fraction of sp³-hybridized carbons (Fsp3) is 0.269. The average molecular weight is 464 g/mol. The number of fused-ring (bicyclic) bond motifs is 3. The molecule has 6 nitrogen and oxygen atoms in total. The van der Waals surface area contributed by atoms with E-state index in [0.29, 0.717) is 17.0 Å². The number of nitrogens with one attached hydrogen (secondary N) is 1. The highest BCUT2D eigenvalue weighted by Gasteiger charge is 2.21. The second kappa shape index (κ2) is 9.19. The number of amides is 1. The first-order chi connectivity index (χ1) is 15.7. The first kappa shape index (κ1) is 22.7. The van der Waals surface area contributed by atoms with E-state index in [4.69, 9.17) is 9.15 Å². The van der Waals surface area contributed by atoms with Gasteiger partial charge in [0.15, 0.2) is 6.61 Å². The molecule has 2 heterocycles. The van der Waals surface area contributed by atoms with Crippen LogP contribution in [0.1, 0.15) is 40.9 Å². The summed E-state index contributed by atoms with van der Waals surface area (Å²) >= 11 is 1.28. The molecule has 4 rings (SSSR count). The normalized spacial score (nSPS) is 11.6. The summed E-state index contributed by atoms with van der Waals surface area (Å²) in [5.41, 5.74) is 0.959. The molecule has 0 spiro atoms. The maximum Gasteiger partial charge on any atom is 0.310 e. The molecular formula is C26H25NO5S. The Kier molecular flexibility index (Phi) is 6.33. The molecule has 2 aromatic heterocycles. The van der Waals surface area contributed by atoms with E-state index in [1.165, 1.54) is 11.3 Å². The van der Waals surface area contributed by atoms with Crippen LogP contribution in [0.5, 0.6) is 0 Å². The number of esters is 1. The monoisotopic (exact) mass is 463 g/mol. The summed E-state index contributed by atoms with van der Waals surface area (Å²) in [6.45, 7) is 5.55. The lowest BCUT2D eigenvalue weighted by atomic mass is 9.96. The van der Waals surface area contributed by atoms with Crippen LogP contribution in [0, 0.1) is 5.41 Å². The number of furan rings is 1. The number of Topliss-reactive ketones (excluding diaryl/α,β-unsaturated/α-hetero) is 1. The minimum absolute atomic E-state index is 0.0167. The van der Waals surface area contributed by atoms with Crippen molar-refractivity contribution >= 4 is 50.7 Å². The molecule has 0 aliphatic carbocycles. The van der Waals surface area contributed by atoms with Gasteiger partial charge in [0.1, 0.15) is 5.58 Å². The van der Waals surface area contributed by atoms with Crippen LogP contribution in [-0.4, -0.2) is 24.3 Å². The Bertz CT molecular complexity index is 1340. The van der Waals surface area contributed by atoms with Gasteiger partial charge < -0.3 is 14.5 Å². The number of carbonyl (C=O) groups excluding carboxylic acids is 3. The van der Waals surface area contributed by atoms with Crippen molar-refractivity contribution in [2.45, 2.75) is 33.7 Å². The third-order valence-corrected chi connectivity index (χ3v) is 6.41. The zero-order valence-electron chi connectivity index (χ0n) is 18.8. The Morgan fingerprint density at radius 3 is 2.61 bits per heavy atom. The number of benzene rings is 2. The van der Waals surface area contributed by atoms with Gasteiger partial charge in [0.05, 0.1) is 24.1 Å². The van der Waals surface area contributed by atoms with Crippen molar-refractivity contribution in [2.24, 2.45) is 5.41 Å². The Hall–Kier alpha value is -3.45. The van der Waals surface area contributed by atoms with Gasteiger partial charge in [-0.2, -0.15) is 0 Å². The summed E-state index contributed by atoms with van der Waals surface area (Å²) < 4.78 is 10.9. The molecule has 4 aromatic rings. The predicted molar refractivity (Wildman–Crippen MR) is 128 cm³/mol. The SMILES string of the molecule is CC(C)(C)C(=O)NCc1ccc(C(=O)COC(=O)Cc2coc3ccc4ccccc4c23)s1. The largest absolute Gasteiger partial charge is 0.464 e. The summed E-state index contributed by atoms with van der Waals surface area (Å²) in [4.78, 5) is 38.3. The van der Waals surface area contributed by atoms with E-state index < -0.39 is 11.4 Å². The van der Waals surface area contributed by atoms with Gasteiger partial charge in [0.25, 0.3) is 0 Å². The number of ketones is 1. The third-order valence-electron chi connectivity index (χ3n) is 5.28. The molecule has 0 unspecified atom stereocenters. The van der Waals surface area contributed by atoms with E-state index in [2.05, 4.69) is 5.32 Å². The number of thiophene rings is 1. The van der Waals surface area contributed by atoms with E-state index in [0.717, 1.165) is 26.6 Å². The Morgan fingerprint density at radius 2 is 1.82 bits per heavy atom. The highest BCUT2D eigenvalue weighted by Crippen LogP contribution is 2.30. The van der Waals surface area contributed by atoms with Gasteiger partial charge >= 0.3 is 5.97 Å². The van der Waals surface area contributed by atoms with Crippen LogP contribution in [0.2, 0.25) is 0 Å². The zero-order chi connectivity index (χ0) is 23.6. The van der Waals surface area contributed by atoms with Crippen LogP contribution in [0.4, 0.5) is 0 Å². The summed E-state index contributed by atoms with van der Waals surface area (Å²) in [6, 6.07) is 15.2. The molecule has 33 heavy (non-hydrogen) atoms. The quantitative estimate of drug-likeness (QED) is 0.298. The smallest absolute Gasteiger partial charge is 0.310 e. The Labute approximate surface area is 195 Å². The molecule has 0 atom stereocenters. The van der Waals surface area contributed by atoms with Crippen LogP contribution >= 0.6 is 11.3 Å². The molecule has 7 heteroatoms. The topological polar surface area (TPSA) is 85.6 Å². The summed E-state index contributed by atoms with van der Waals surface area (Å²) in [5, 5.41) is 5.81. The third kappa shape index (κ3) is 5.14. The van der Waals surface area contributed by atoms with Crippen molar-refractivity contribution in [3.63, 3.8) is 0 Å². The molecule has 0 radical (unpaired) electrons. The number of hydrogen-bond acceptors (Lipinski definition) is 6. The minimum atomic E-state index is -0.492. The molecule has 0 aliphatic rings. The first-order valence-corrected chi connectivity index (χ1v) is 11.5. The molecule has 1 amide bonds. The van der Waals surface area contributed by atoms with Gasteiger partial charge in [-0.25, -0.2) is 0 Å². The van der Waals surface area contributed by atoms with E-state index in [-0.39, 0.29) is 24.7 Å². The first-order valence-electron chi connectivity index (χ1n) is 10.7. The molecule has 0 aliphatic heterocycles.